The second-order valence-corrected chi connectivity index (χ2v) is 13.7. The van der Waals surface area contributed by atoms with E-state index in [9.17, 15) is 36.8 Å². The van der Waals surface area contributed by atoms with Gasteiger partial charge in [-0.2, -0.15) is 22.6 Å². The fraction of sp³-hybridized carbons (Fsp3) is 0.464. The molecule has 0 aliphatic carbocycles. The maximum absolute atomic E-state index is 13.2. The minimum Gasteiger partial charge on any atom is -0.390 e. The zero-order chi connectivity index (χ0) is 31.8. The third-order valence-corrected chi connectivity index (χ3v) is 10.1. The number of halogens is 4. The van der Waals surface area contributed by atoms with E-state index >= 15 is 0 Å². The Morgan fingerprint density at radius 3 is 2.34 bits per heavy atom. The first-order valence-corrected chi connectivity index (χ1v) is 17.3. The minimum absolute atomic E-state index is 0.0351. The molecule has 0 saturated carbocycles. The number of hydrogen-bond donors (Lipinski definition) is 1. The van der Waals surface area contributed by atoms with Gasteiger partial charge in [0.2, 0.25) is 10.0 Å². The first kappa shape index (κ1) is 32.6. The quantitative estimate of drug-likeness (QED) is 0.151. The third-order valence-electron chi connectivity index (χ3n) is 8.03. The first-order valence-electron chi connectivity index (χ1n) is 13.9. The van der Waals surface area contributed by atoms with E-state index in [-0.39, 0.29) is 30.2 Å². The van der Waals surface area contributed by atoms with Crippen molar-refractivity contribution >= 4 is 44.0 Å². The smallest absolute Gasteiger partial charge is 0.390 e. The van der Waals surface area contributed by atoms with Crippen LogP contribution in [0.5, 0.6) is 0 Å². The number of piperazine rings is 1. The highest BCUT2D eigenvalue weighted by atomic mass is 127. The fourth-order valence-corrected chi connectivity index (χ4v) is 7.26. The van der Waals surface area contributed by atoms with Crippen LogP contribution in [-0.4, -0.2) is 89.1 Å². The molecule has 2 aromatic carbocycles. The Hall–Kier alpha value is -2.80. The van der Waals surface area contributed by atoms with Gasteiger partial charge in [0.25, 0.3) is 5.69 Å². The predicted molar refractivity (Wildman–Crippen MR) is 167 cm³/mol. The maximum atomic E-state index is 13.2. The number of sulfonamides is 1. The Morgan fingerprint density at radius 2 is 1.75 bits per heavy atom. The molecule has 44 heavy (non-hydrogen) atoms. The molecule has 2 aliphatic heterocycles. The van der Waals surface area contributed by atoms with Crippen molar-refractivity contribution in [2.45, 2.75) is 36.2 Å². The molecule has 1 atom stereocenters. The standard InChI is InChI=1S/C28H32F3IN6O5S/c1-44(42,43)36-10-9-24-23(18-36)26(19-5-7-21(8-6-19)28(29,30)31)33-37(24)17-22(39)16-34-11-13-35(14-12-34)27-20(15-32)3-2-4-25(27)38(40)41/h2-8,22,39H,9-18H2,1H3. The number of β-amino-alcohol motifs (C(OH)–C–C–N with tert-alkyl or cyclic N) is 1. The molecule has 0 bridgehead atoms. The van der Waals surface area contributed by atoms with Crippen LogP contribution in [0.25, 0.3) is 11.3 Å². The van der Waals surface area contributed by atoms with Gasteiger partial charge in [0.15, 0.2) is 0 Å². The highest BCUT2D eigenvalue weighted by molar-refractivity contribution is 14.1. The molecule has 0 radical (unpaired) electrons. The van der Waals surface area contributed by atoms with Crippen molar-refractivity contribution in [3.63, 3.8) is 0 Å². The van der Waals surface area contributed by atoms with E-state index in [1.54, 1.807) is 10.7 Å². The lowest BCUT2D eigenvalue weighted by molar-refractivity contribution is -0.384. The van der Waals surface area contributed by atoms with Gasteiger partial charge in [0, 0.05) is 79.5 Å². The summed E-state index contributed by atoms with van der Waals surface area (Å²) in [4.78, 5) is 15.4. The summed E-state index contributed by atoms with van der Waals surface area (Å²) in [5.41, 5.74) is 2.98. The molecular formula is C28H32F3IN6O5S. The van der Waals surface area contributed by atoms with E-state index in [1.807, 2.05) is 11.0 Å². The van der Waals surface area contributed by atoms with E-state index in [0.29, 0.717) is 66.1 Å². The lowest BCUT2D eigenvalue weighted by atomic mass is 10.0. The second-order valence-electron chi connectivity index (χ2n) is 11.0. The zero-order valence-electron chi connectivity index (χ0n) is 23.9. The lowest BCUT2D eigenvalue weighted by Gasteiger charge is -2.37. The number of para-hydroxylation sites is 1. The van der Waals surface area contributed by atoms with Gasteiger partial charge in [-0.25, -0.2) is 8.42 Å². The Bertz CT molecular complexity index is 1630. The lowest BCUT2D eigenvalue weighted by Crippen LogP contribution is -2.49. The van der Waals surface area contributed by atoms with Crippen LogP contribution < -0.4 is 4.90 Å². The topological polar surface area (TPSA) is 125 Å². The molecule has 0 spiro atoms. The van der Waals surface area contributed by atoms with Crippen LogP contribution >= 0.6 is 22.6 Å². The summed E-state index contributed by atoms with van der Waals surface area (Å²) in [5.74, 6) is 0. The summed E-state index contributed by atoms with van der Waals surface area (Å²) in [6.45, 7) is 2.98. The molecule has 1 fully saturated rings. The van der Waals surface area contributed by atoms with E-state index in [4.69, 9.17) is 0 Å². The summed E-state index contributed by atoms with van der Waals surface area (Å²) in [6.07, 6.45) is -3.87. The number of nitro groups is 1. The Kier molecular flexibility index (Phi) is 9.55. The number of aliphatic hydroxyl groups is 1. The van der Waals surface area contributed by atoms with Crippen LogP contribution in [0.1, 0.15) is 22.4 Å². The van der Waals surface area contributed by atoms with Crippen molar-refractivity contribution in [1.29, 1.82) is 0 Å². The van der Waals surface area contributed by atoms with Crippen molar-refractivity contribution in [1.82, 2.24) is 19.0 Å². The predicted octanol–water partition coefficient (Wildman–Crippen LogP) is 3.91. The molecule has 5 rings (SSSR count). The maximum Gasteiger partial charge on any atom is 0.416 e. The number of benzene rings is 2. The van der Waals surface area contributed by atoms with Crippen molar-refractivity contribution < 1.29 is 31.6 Å². The number of fused-ring (bicyclic) bond motifs is 1. The SMILES string of the molecule is CS(=O)(=O)N1CCc2c(c(-c3ccc(C(F)(F)F)cc3)nn2CC(O)CN2CCN(c3c(CI)cccc3[N+](=O)[O-])CC2)C1. The van der Waals surface area contributed by atoms with Crippen molar-refractivity contribution in [2.24, 2.45) is 0 Å². The molecule has 1 saturated heterocycles. The second kappa shape index (κ2) is 12.9. The summed E-state index contributed by atoms with van der Waals surface area (Å²) in [7, 11) is -3.51. The van der Waals surface area contributed by atoms with Crippen molar-refractivity contribution in [3.8, 4) is 11.3 Å². The van der Waals surface area contributed by atoms with Gasteiger partial charge in [-0.1, -0.05) is 46.9 Å². The number of nitrogens with zero attached hydrogens (tertiary/aromatic N) is 6. The van der Waals surface area contributed by atoms with Gasteiger partial charge < -0.3 is 10.0 Å². The van der Waals surface area contributed by atoms with E-state index in [0.717, 1.165) is 29.6 Å². The zero-order valence-corrected chi connectivity index (χ0v) is 26.8. The van der Waals surface area contributed by atoms with Crippen LogP contribution in [0.15, 0.2) is 42.5 Å². The fourth-order valence-electron chi connectivity index (χ4n) is 5.86. The van der Waals surface area contributed by atoms with Crippen LogP contribution in [0, 0.1) is 10.1 Å². The molecule has 1 aromatic heterocycles. The van der Waals surface area contributed by atoms with E-state index < -0.39 is 27.9 Å². The van der Waals surface area contributed by atoms with Gasteiger partial charge in [-0.05, 0) is 17.7 Å². The third kappa shape index (κ3) is 7.03. The number of aliphatic hydroxyl groups excluding tert-OH is 1. The van der Waals surface area contributed by atoms with E-state index in [1.165, 1.54) is 22.5 Å². The van der Waals surface area contributed by atoms with Crippen LogP contribution in [-0.2, 0) is 40.1 Å². The number of hydrogen-bond acceptors (Lipinski definition) is 8. The number of rotatable bonds is 9. The summed E-state index contributed by atoms with van der Waals surface area (Å²) in [6, 6.07) is 9.69. The Morgan fingerprint density at radius 1 is 1.07 bits per heavy atom. The molecule has 1 N–H and O–H groups in total. The molecular weight excluding hydrogens is 716 g/mol. The van der Waals surface area contributed by atoms with Crippen LogP contribution in [0.2, 0.25) is 0 Å². The Balaban J connectivity index is 1.31. The number of nitro benzene ring substituents is 1. The molecule has 3 aromatic rings. The first-order chi connectivity index (χ1) is 20.8. The largest absolute Gasteiger partial charge is 0.416 e. The van der Waals surface area contributed by atoms with Gasteiger partial charge in [-0.15, -0.1) is 0 Å². The molecule has 2 aliphatic rings. The number of anilines is 1. The molecule has 238 valence electrons. The summed E-state index contributed by atoms with van der Waals surface area (Å²) >= 11 is 2.20. The minimum atomic E-state index is -4.49. The average molecular weight is 749 g/mol. The summed E-state index contributed by atoms with van der Waals surface area (Å²) < 4.78 is 67.6. The number of aromatic nitrogens is 2. The molecule has 11 nitrogen and oxygen atoms in total. The van der Waals surface area contributed by atoms with Gasteiger partial charge in [-0.3, -0.25) is 19.7 Å². The monoisotopic (exact) mass is 748 g/mol. The van der Waals surface area contributed by atoms with Gasteiger partial charge >= 0.3 is 6.18 Å². The molecule has 0 amide bonds. The van der Waals surface area contributed by atoms with Crippen molar-refractivity contribution in [3.05, 3.63) is 75.0 Å². The summed E-state index contributed by atoms with van der Waals surface area (Å²) in [5, 5.41) is 27.4. The van der Waals surface area contributed by atoms with E-state index in [2.05, 4.69) is 32.6 Å². The normalized spacial score (nSPS) is 17.5. The van der Waals surface area contributed by atoms with Crippen molar-refractivity contribution in [2.75, 3.05) is 50.4 Å². The molecule has 1 unspecified atom stereocenters. The Labute approximate surface area is 266 Å². The number of alkyl halides is 4. The van der Waals surface area contributed by atoms with Crippen LogP contribution in [0.4, 0.5) is 24.5 Å². The van der Waals surface area contributed by atoms with Crippen LogP contribution in [0.3, 0.4) is 0 Å². The van der Waals surface area contributed by atoms with Gasteiger partial charge in [0.1, 0.15) is 5.69 Å². The highest BCUT2D eigenvalue weighted by Crippen LogP contribution is 2.36. The molecule has 16 heteroatoms. The van der Waals surface area contributed by atoms with Gasteiger partial charge in [0.05, 0.1) is 35.1 Å². The highest BCUT2D eigenvalue weighted by Gasteiger charge is 2.33. The average Bonchev–Trinajstić information content (AvgIpc) is 3.33. The molecule has 3 heterocycles.